The average molecular weight is 298 g/mol. The van der Waals surface area contributed by atoms with Crippen molar-refractivity contribution in [2.75, 3.05) is 5.32 Å². The Morgan fingerprint density at radius 1 is 1.25 bits per heavy atom. The first kappa shape index (κ1) is 14.5. The number of carbonyl (C=O) groups excluding carboxylic acids is 1. The van der Waals surface area contributed by atoms with Gasteiger partial charge in [-0.05, 0) is 31.0 Å². The normalized spacial score (nSPS) is 21.5. The zero-order chi connectivity index (χ0) is 14.7. The summed E-state index contributed by atoms with van der Waals surface area (Å²) in [6, 6.07) is 3.82. The topological polar surface area (TPSA) is 66.4 Å². The Morgan fingerprint density at radius 3 is 2.50 bits per heavy atom. The molecule has 2 N–H and O–H groups in total. The minimum Gasteiger partial charge on any atom is -0.481 e. The summed E-state index contributed by atoms with van der Waals surface area (Å²) in [4.78, 5) is 23.3. The molecule has 1 aliphatic rings. The first-order chi connectivity index (χ1) is 9.49. The molecular weight excluding hydrogens is 285 g/mol. The quantitative estimate of drug-likeness (QED) is 0.843. The number of anilines is 1. The van der Waals surface area contributed by atoms with Crippen LogP contribution in [0.1, 0.15) is 12.8 Å². The van der Waals surface area contributed by atoms with E-state index < -0.39 is 29.5 Å². The van der Waals surface area contributed by atoms with Gasteiger partial charge in [-0.15, -0.1) is 0 Å². The molecule has 20 heavy (non-hydrogen) atoms. The third kappa shape index (κ3) is 3.17. The van der Waals surface area contributed by atoms with Crippen LogP contribution in [0.25, 0.3) is 0 Å². The zero-order valence-corrected chi connectivity index (χ0v) is 11.2. The molecule has 4 nitrogen and oxygen atoms in total. The molecule has 1 aromatic rings. The molecule has 0 radical (unpaired) electrons. The summed E-state index contributed by atoms with van der Waals surface area (Å²) in [5.41, 5.74) is 0.347. The Balaban J connectivity index is 2.12. The van der Waals surface area contributed by atoms with Crippen LogP contribution in [0.4, 0.5) is 10.1 Å². The highest BCUT2D eigenvalue weighted by Crippen LogP contribution is 2.28. The van der Waals surface area contributed by atoms with Crippen molar-refractivity contribution >= 4 is 29.2 Å². The van der Waals surface area contributed by atoms with E-state index in [1.165, 1.54) is 12.1 Å². The van der Waals surface area contributed by atoms with Crippen LogP contribution >= 0.6 is 11.6 Å². The smallest absolute Gasteiger partial charge is 0.307 e. The maximum absolute atomic E-state index is 13.0. The van der Waals surface area contributed by atoms with Crippen LogP contribution in [0.3, 0.4) is 0 Å². The molecule has 1 aliphatic carbocycles. The summed E-state index contributed by atoms with van der Waals surface area (Å²) < 4.78 is 13.0. The van der Waals surface area contributed by atoms with Gasteiger partial charge in [-0.1, -0.05) is 23.8 Å². The van der Waals surface area contributed by atoms with Gasteiger partial charge in [0, 0.05) is 5.69 Å². The fraction of sp³-hybridized carbons (Fsp3) is 0.286. The summed E-state index contributed by atoms with van der Waals surface area (Å²) in [7, 11) is 0. The highest BCUT2D eigenvalue weighted by Gasteiger charge is 2.33. The van der Waals surface area contributed by atoms with Crippen molar-refractivity contribution < 1.29 is 19.1 Å². The lowest BCUT2D eigenvalue weighted by Crippen LogP contribution is -2.34. The van der Waals surface area contributed by atoms with E-state index in [0.29, 0.717) is 18.5 Å². The molecule has 2 atom stereocenters. The predicted molar refractivity (Wildman–Crippen MR) is 73.0 cm³/mol. The zero-order valence-electron chi connectivity index (χ0n) is 10.5. The van der Waals surface area contributed by atoms with Crippen LogP contribution in [0, 0.1) is 17.7 Å². The Kier molecular flexibility index (Phi) is 4.39. The van der Waals surface area contributed by atoms with E-state index in [1.807, 2.05) is 0 Å². The number of allylic oxidation sites excluding steroid dienone is 2. The fourth-order valence-electron chi connectivity index (χ4n) is 2.19. The number of halogens is 2. The molecule has 0 saturated carbocycles. The number of carbonyl (C=O) groups is 2. The molecule has 2 rings (SSSR count). The predicted octanol–water partition coefficient (Wildman–Crippen LogP) is 3.08. The van der Waals surface area contributed by atoms with E-state index >= 15 is 0 Å². The van der Waals surface area contributed by atoms with Gasteiger partial charge in [0.1, 0.15) is 5.82 Å². The molecular formula is C14H13ClFNO3. The lowest BCUT2D eigenvalue weighted by atomic mass is 9.82. The van der Waals surface area contributed by atoms with Crippen molar-refractivity contribution in [3.8, 4) is 0 Å². The Hall–Kier alpha value is -1.88. The molecule has 0 unspecified atom stereocenters. The number of hydrogen-bond acceptors (Lipinski definition) is 2. The number of carboxylic acid groups (broad SMARTS) is 1. The van der Waals surface area contributed by atoms with Gasteiger partial charge in [-0.2, -0.15) is 0 Å². The number of hydrogen-bond donors (Lipinski definition) is 2. The van der Waals surface area contributed by atoms with Gasteiger partial charge in [-0.3, -0.25) is 9.59 Å². The van der Waals surface area contributed by atoms with Gasteiger partial charge in [0.15, 0.2) is 0 Å². The molecule has 0 aliphatic heterocycles. The molecule has 1 aromatic carbocycles. The summed E-state index contributed by atoms with van der Waals surface area (Å²) in [5, 5.41) is 11.6. The first-order valence-corrected chi connectivity index (χ1v) is 6.50. The Bertz CT molecular complexity index is 574. The van der Waals surface area contributed by atoms with Crippen molar-refractivity contribution in [2.45, 2.75) is 12.8 Å². The van der Waals surface area contributed by atoms with Gasteiger partial charge >= 0.3 is 5.97 Å². The van der Waals surface area contributed by atoms with Crippen molar-refractivity contribution in [3.05, 3.63) is 41.2 Å². The molecule has 0 fully saturated rings. The second kappa shape index (κ2) is 6.05. The molecule has 0 saturated heterocycles. The highest BCUT2D eigenvalue weighted by atomic mass is 35.5. The summed E-state index contributed by atoms with van der Waals surface area (Å²) >= 11 is 5.63. The SMILES string of the molecule is O=C(Nc1ccc(F)c(Cl)c1)[C@H]1CC=CC[C@H]1C(=O)O. The van der Waals surface area contributed by atoms with Gasteiger partial charge in [0.2, 0.25) is 5.91 Å². The van der Waals surface area contributed by atoms with Crippen LogP contribution < -0.4 is 5.32 Å². The van der Waals surface area contributed by atoms with E-state index in [2.05, 4.69) is 5.32 Å². The van der Waals surface area contributed by atoms with Crippen LogP contribution in [0.15, 0.2) is 30.4 Å². The minimum absolute atomic E-state index is 0.0962. The number of aliphatic carboxylic acids is 1. The monoisotopic (exact) mass is 297 g/mol. The van der Waals surface area contributed by atoms with Crippen molar-refractivity contribution in [3.63, 3.8) is 0 Å². The lowest BCUT2D eigenvalue weighted by molar-refractivity contribution is -0.146. The van der Waals surface area contributed by atoms with Crippen molar-refractivity contribution in [1.29, 1.82) is 0 Å². The molecule has 0 aromatic heterocycles. The van der Waals surface area contributed by atoms with Gasteiger partial charge in [-0.25, -0.2) is 4.39 Å². The Labute approximate surface area is 120 Å². The van der Waals surface area contributed by atoms with Crippen molar-refractivity contribution in [1.82, 2.24) is 0 Å². The molecule has 106 valence electrons. The van der Waals surface area contributed by atoms with Crippen LogP contribution in [0.2, 0.25) is 5.02 Å². The van der Waals surface area contributed by atoms with E-state index in [4.69, 9.17) is 16.7 Å². The highest BCUT2D eigenvalue weighted by molar-refractivity contribution is 6.31. The molecule has 1 amide bonds. The molecule has 0 bridgehead atoms. The average Bonchev–Trinajstić information content (AvgIpc) is 2.43. The van der Waals surface area contributed by atoms with Gasteiger partial charge in [0.25, 0.3) is 0 Å². The van der Waals surface area contributed by atoms with Crippen LogP contribution in [-0.4, -0.2) is 17.0 Å². The third-order valence-corrected chi connectivity index (χ3v) is 3.56. The number of benzene rings is 1. The maximum atomic E-state index is 13.0. The van der Waals surface area contributed by atoms with E-state index in [1.54, 1.807) is 12.2 Å². The van der Waals surface area contributed by atoms with Crippen LogP contribution in [-0.2, 0) is 9.59 Å². The maximum Gasteiger partial charge on any atom is 0.307 e. The van der Waals surface area contributed by atoms with Crippen molar-refractivity contribution in [2.24, 2.45) is 11.8 Å². The molecule has 0 heterocycles. The summed E-state index contributed by atoms with van der Waals surface area (Å²) in [5.74, 6) is -3.35. The molecule has 6 heteroatoms. The standard InChI is InChI=1S/C14H13ClFNO3/c15-11-7-8(5-6-12(11)16)17-13(18)9-3-1-2-4-10(9)14(19)20/h1-2,5-7,9-10H,3-4H2,(H,17,18)(H,19,20)/t9-,10+/m0/s1. The number of amides is 1. The number of carboxylic acids is 1. The Morgan fingerprint density at radius 2 is 1.90 bits per heavy atom. The fourth-order valence-corrected chi connectivity index (χ4v) is 2.37. The van der Waals surface area contributed by atoms with Gasteiger partial charge in [0.05, 0.1) is 16.9 Å². The second-order valence-corrected chi connectivity index (χ2v) is 5.02. The van der Waals surface area contributed by atoms with E-state index in [0.717, 1.165) is 6.07 Å². The summed E-state index contributed by atoms with van der Waals surface area (Å²) in [6.07, 6.45) is 4.26. The van der Waals surface area contributed by atoms with E-state index in [9.17, 15) is 14.0 Å². The molecule has 0 spiro atoms. The second-order valence-electron chi connectivity index (χ2n) is 4.61. The number of rotatable bonds is 3. The minimum atomic E-state index is -0.994. The summed E-state index contributed by atoms with van der Waals surface area (Å²) in [6.45, 7) is 0. The first-order valence-electron chi connectivity index (χ1n) is 6.12. The number of nitrogens with one attached hydrogen (secondary N) is 1. The van der Waals surface area contributed by atoms with E-state index in [-0.39, 0.29) is 5.02 Å². The largest absolute Gasteiger partial charge is 0.481 e. The lowest BCUT2D eigenvalue weighted by Gasteiger charge is -2.24. The van der Waals surface area contributed by atoms with Gasteiger partial charge < -0.3 is 10.4 Å². The van der Waals surface area contributed by atoms with Crippen LogP contribution in [0.5, 0.6) is 0 Å². The third-order valence-electron chi connectivity index (χ3n) is 3.27.